The maximum atomic E-state index is 12.8. The second-order valence-electron chi connectivity index (χ2n) is 6.07. The molecule has 0 aliphatic rings. The summed E-state index contributed by atoms with van der Waals surface area (Å²) in [4.78, 5) is 13.6. The highest BCUT2D eigenvalue weighted by Gasteiger charge is 2.23. The quantitative estimate of drug-likeness (QED) is 0.417. The first kappa shape index (κ1) is 21.6. The zero-order valence-electron chi connectivity index (χ0n) is 17.3. The highest BCUT2D eigenvalue weighted by molar-refractivity contribution is 7.13. The van der Waals surface area contributed by atoms with Crippen LogP contribution in [0, 0.1) is 0 Å². The lowest BCUT2D eigenvalue weighted by Crippen LogP contribution is -2.11. The zero-order valence-corrected chi connectivity index (χ0v) is 18.2. The van der Waals surface area contributed by atoms with Crippen LogP contribution in [0.15, 0.2) is 34.1 Å². The molecule has 1 unspecified atom stereocenters. The van der Waals surface area contributed by atoms with Crippen molar-refractivity contribution in [1.29, 1.82) is 0 Å². The van der Waals surface area contributed by atoms with Gasteiger partial charge in [0, 0.05) is 0 Å². The van der Waals surface area contributed by atoms with E-state index in [1.807, 2.05) is 38.3 Å². The Morgan fingerprint density at radius 3 is 2.30 bits per heavy atom. The summed E-state index contributed by atoms with van der Waals surface area (Å²) in [5.74, 6) is 1.34. The molecule has 0 aliphatic heterocycles. The Morgan fingerprint density at radius 1 is 1.07 bits per heavy atom. The summed E-state index contributed by atoms with van der Waals surface area (Å²) in [7, 11) is 0. The van der Waals surface area contributed by atoms with Crippen molar-refractivity contribution in [2.75, 3.05) is 19.8 Å². The fourth-order valence-corrected chi connectivity index (χ4v) is 3.33. The van der Waals surface area contributed by atoms with Gasteiger partial charge in [-0.25, -0.2) is 4.79 Å². The second-order valence-corrected chi connectivity index (χ2v) is 7.02. The monoisotopic (exact) mass is 432 g/mol. The van der Waals surface area contributed by atoms with E-state index in [1.54, 1.807) is 19.1 Å². The minimum atomic E-state index is -0.726. The van der Waals surface area contributed by atoms with Gasteiger partial charge in [0.15, 0.2) is 17.6 Å². The molecule has 2 aromatic heterocycles. The van der Waals surface area contributed by atoms with E-state index in [0.717, 1.165) is 4.88 Å². The van der Waals surface area contributed by atoms with Crippen LogP contribution in [0.4, 0.5) is 0 Å². The van der Waals surface area contributed by atoms with Crippen LogP contribution >= 0.6 is 11.3 Å². The molecule has 1 atom stereocenters. The van der Waals surface area contributed by atoms with Crippen LogP contribution in [-0.2, 0) is 4.74 Å². The molecular weight excluding hydrogens is 408 g/mol. The molecule has 3 rings (SSSR count). The second kappa shape index (κ2) is 10.1. The highest BCUT2D eigenvalue weighted by Crippen LogP contribution is 2.39. The molecule has 0 N–H and O–H groups in total. The average Bonchev–Trinajstić information content (AvgIpc) is 3.42. The fourth-order valence-electron chi connectivity index (χ4n) is 2.68. The molecule has 1 aromatic carbocycles. The molecule has 0 fully saturated rings. The summed E-state index contributed by atoms with van der Waals surface area (Å²) in [5.41, 5.74) is 0.273. The third-order valence-corrected chi connectivity index (χ3v) is 4.81. The number of thiophene rings is 1. The predicted molar refractivity (Wildman–Crippen MR) is 111 cm³/mol. The van der Waals surface area contributed by atoms with Gasteiger partial charge in [-0.15, -0.1) is 21.5 Å². The van der Waals surface area contributed by atoms with Crippen molar-refractivity contribution in [1.82, 2.24) is 10.2 Å². The lowest BCUT2D eigenvalue weighted by atomic mass is 10.1. The van der Waals surface area contributed by atoms with Gasteiger partial charge in [-0.05, 0) is 51.3 Å². The van der Waals surface area contributed by atoms with Crippen LogP contribution in [-0.4, -0.2) is 36.0 Å². The van der Waals surface area contributed by atoms with E-state index in [9.17, 15) is 4.79 Å². The van der Waals surface area contributed by atoms with Crippen LogP contribution in [0.3, 0.4) is 0 Å². The largest absolute Gasteiger partial charge is 0.490 e. The van der Waals surface area contributed by atoms with Crippen molar-refractivity contribution < 1.29 is 28.2 Å². The van der Waals surface area contributed by atoms with E-state index in [0.29, 0.717) is 43.0 Å². The number of carbonyl (C=O) groups excluding carboxylic acids is 1. The normalized spacial score (nSPS) is 11.7. The SMILES string of the molecule is CCOc1cc(C(=O)OC(C)c2nnc(-c3cccs3)o2)cc(OCC)c1OCC. The van der Waals surface area contributed by atoms with Crippen molar-refractivity contribution in [3.63, 3.8) is 0 Å². The van der Waals surface area contributed by atoms with Gasteiger partial charge in [-0.1, -0.05) is 6.07 Å². The number of aromatic nitrogens is 2. The van der Waals surface area contributed by atoms with Crippen LogP contribution in [0.5, 0.6) is 17.2 Å². The van der Waals surface area contributed by atoms with E-state index >= 15 is 0 Å². The standard InChI is InChI=1S/C21H24N2O6S/c1-5-25-15-11-14(12-16(26-6-2)18(15)27-7-3)21(24)28-13(4)19-22-23-20(29-19)17-9-8-10-30-17/h8-13H,5-7H2,1-4H3. The van der Waals surface area contributed by atoms with Crippen molar-refractivity contribution in [3.05, 3.63) is 41.1 Å². The molecule has 3 aromatic rings. The van der Waals surface area contributed by atoms with Crippen molar-refractivity contribution in [2.24, 2.45) is 0 Å². The van der Waals surface area contributed by atoms with Crippen LogP contribution in [0.25, 0.3) is 10.8 Å². The molecule has 160 valence electrons. The first-order valence-electron chi connectivity index (χ1n) is 9.72. The summed E-state index contributed by atoms with van der Waals surface area (Å²) < 4.78 is 28.1. The van der Waals surface area contributed by atoms with E-state index in [4.69, 9.17) is 23.4 Å². The zero-order chi connectivity index (χ0) is 21.5. The first-order valence-corrected chi connectivity index (χ1v) is 10.6. The minimum absolute atomic E-state index is 0.216. The number of rotatable bonds is 10. The maximum absolute atomic E-state index is 12.8. The third-order valence-electron chi connectivity index (χ3n) is 3.95. The molecule has 30 heavy (non-hydrogen) atoms. The molecule has 0 radical (unpaired) electrons. The summed E-state index contributed by atoms with van der Waals surface area (Å²) in [6, 6.07) is 6.93. The number of nitrogens with zero attached hydrogens (tertiary/aromatic N) is 2. The lowest BCUT2D eigenvalue weighted by Gasteiger charge is -2.17. The summed E-state index contributed by atoms with van der Waals surface area (Å²) >= 11 is 1.49. The maximum Gasteiger partial charge on any atom is 0.339 e. The Bertz CT molecular complexity index is 943. The highest BCUT2D eigenvalue weighted by atomic mass is 32.1. The Labute approximate surface area is 178 Å². The van der Waals surface area contributed by atoms with E-state index < -0.39 is 12.1 Å². The van der Waals surface area contributed by atoms with Gasteiger partial charge < -0.3 is 23.4 Å². The molecule has 0 aliphatic carbocycles. The Balaban J connectivity index is 1.81. The van der Waals surface area contributed by atoms with Gasteiger partial charge in [0.2, 0.25) is 5.75 Å². The van der Waals surface area contributed by atoms with Gasteiger partial charge in [0.1, 0.15) is 0 Å². The van der Waals surface area contributed by atoms with Gasteiger partial charge in [-0.2, -0.15) is 0 Å². The minimum Gasteiger partial charge on any atom is -0.490 e. The van der Waals surface area contributed by atoms with Gasteiger partial charge >= 0.3 is 5.97 Å². The van der Waals surface area contributed by atoms with E-state index in [2.05, 4.69) is 10.2 Å². The van der Waals surface area contributed by atoms with Crippen LogP contribution < -0.4 is 14.2 Å². The molecule has 9 heteroatoms. The fraction of sp³-hybridized carbons (Fsp3) is 0.381. The Morgan fingerprint density at radius 2 is 1.73 bits per heavy atom. The van der Waals surface area contributed by atoms with Crippen molar-refractivity contribution in [2.45, 2.75) is 33.8 Å². The lowest BCUT2D eigenvalue weighted by molar-refractivity contribution is 0.0279. The number of esters is 1. The molecule has 0 spiro atoms. The summed E-state index contributed by atoms with van der Waals surface area (Å²) in [6.07, 6.45) is -0.726. The van der Waals surface area contributed by atoms with Crippen LogP contribution in [0.1, 0.15) is 50.0 Å². The molecule has 2 heterocycles. The van der Waals surface area contributed by atoms with Gasteiger partial charge in [0.05, 0.1) is 30.3 Å². The van der Waals surface area contributed by atoms with Crippen molar-refractivity contribution >= 4 is 17.3 Å². The Kier molecular flexibility index (Phi) is 7.29. The van der Waals surface area contributed by atoms with E-state index in [1.165, 1.54) is 11.3 Å². The number of hydrogen-bond donors (Lipinski definition) is 0. The number of carbonyl (C=O) groups is 1. The summed E-state index contributed by atoms with van der Waals surface area (Å²) in [5, 5.41) is 9.93. The molecule has 0 bridgehead atoms. The topological polar surface area (TPSA) is 92.9 Å². The van der Waals surface area contributed by atoms with Gasteiger partial charge in [-0.3, -0.25) is 0 Å². The molecule has 8 nitrogen and oxygen atoms in total. The van der Waals surface area contributed by atoms with E-state index in [-0.39, 0.29) is 11.5 Å². The van der Waals surface area contributed by atoms with Crippen molar-refractivity contribution in [3.8, 4) is 28.0 Å². The summed E-state index contributed by atoms with van der Waals surface area (Å²) in [6.45, 7) is 8.50. The molecule has 0 amide bonds. The number of hydrogen-bond acceptors (Lipinski definition) is 9. The molecule has 0 saturated heterocycles. The Hall–Kier alpha value is -3.07. The first-order chi connectivity index (χ1) is 14.6. The number of ether oxygens (including phenoxy) is 4. The predicted octanol–water partition coefficient (Wildman–Crippen LogP) is 4.91. The molecular formula is C21H24N2O6S. The third kappa shape index (κ3) is 4.91. The number of benzene rings is 1. The average molecular weight is 432 g/mol. The van der Waals surface area contributed by atoms with Crippen LogP contribution in [0.2, 0.25) is 0 Å². The smallest absolute Gasteiger partial charge is 0.339 e. The molecule has 0 saturated carbocycles. The van der Waals surface area contributed by atoms with Gasteiger partial charge in [0.25, 0.3) is 11.8 Å².